The van der Waals surface area contributed by atoms with Gasteiger partial charge in [-0.2, -0.15) is 0 Å². The van der Waals surface area contributed by atoms with Crippen LogP contribution in [0.4, 0.5) is 5.69 Å². The molecule has 0 aliphatic rings. The minimum atomic E-state index is -0.103. The average Bonchev–Trinajstić information content (AvgIpc) is 2.11. The first-order valence-electron chi connectivity index (χ1n) is 4.26. The van der Waals surface area contributed by atoms with E-state index in [4.69, 9.17) is 17.2 Å². The highest BCUT2D eigenvalue weighted by Crippen LogP contribution is 2.31. The Hall–Kier alpha value is -0.100. The van der Waals surface area contributed by atoms with Crippen LogP contribution in [0.5, 0.6) is 0 Å². The number of anilines is 1. The molecule has 0 aliphatic heterocycles. The van der Waals surface area contributed by atoms with E-state index in [-0.39, 0.29) is 6.04 Å². The third-order valence-corrected chi connectivity index (χ3v) is 3.12. The van der Waals surface area contributed by atoms with Crippen molar-refractivity contribution in [2.45, 2.75) is 12.5 Å². The Bertz CT molecular complexity index is 328. The van der Waals surface area contributed by atoms with Crippen LogP contribution < -0.4 is 17.2 Å². The van der Waals surface area contributed by atoms with Crippen LogP contribution >= 0.6 is 31.9 Å². The van der Waals surface area contributed by atoms with Crippen LogP contribution in [0.25, 0.3) is 0 Å². The number of nitrogen functional groups attached to an aromatic ring is 1. The molecule has 1 aromatic carbocycles. The molecule has 0 heterocycles. The minimum absolute atomic E-state index is 0.103. The van der Waals surface area contributed by atoms with Gasteiger partial charge >= 0.3 is 0 Å². The van der Waals surface area contributed by atoms with Crippen molar-refractivity contribution < 1.29 is 0 Å². The van der Waals surface area contributed by atoms with E-state index in [2.05, 4.69) is 31.9 Å². The molecule has 0 spiro atoms. The van der Waals surface area contributed by atoms with E-state index >= 15 is 0 Å². The summed E-state index contributed by atoms with van der Waals surface area (Å²) in [5, 5.41) is 0. The van der Waals surface area contributed by atoms with Crippen LogP contribution in [0, 0.1) is 0 Å². The number of hydrogen-bond acceptors (Lipinski definition) is 3. The molecule has 78 valence electrons. The number of hydrogen-bond donors (Lipinski definition) is 3. The van der Waals surface area contributed by atoms with Gasteiger partial charge in [-0.15, -0.1) is 0 Å². The SMILES string of the molecule is NCC[C@H](N)c1cc(Br)cc(Br)c1N. The molecule has 14 heavy (non-hydrogen) atoms. The van der Waals surface area contributed by atoms with Crippen molar-refractivity contribution in [3.63, 3.8) is 0 Å². The van der Waals surface area contributed by atoms with E-state index in [9.17, 15) is 0 Å². The normalized spacial score (nSPS) is 12.9. The fourth-order valence-corrected chi connectivity index (χ4v) is 2.50. The van der Waals surface area contributed by atoms with E-state index in [1.165, 1.54) is 0 Å². The van der Waals surface area contributed by atoms with Crippen LogP contribution in [-0.4, -0.2) is 6.54 Å². The van der Waals surface area contributed by atoms with Crippen molar-refractivity contribution >= 4 is 37.5 Å². The minimum Gasteiger partial charge on any atom is -0.398 e. The second-order valence-electron chi connectivity index (χ2n) is 3.07. The fourth-order valence-electron chi connectivity index (χ4n) is 1.25. The predicted octanol–water partition coefficient (Wildman–Crippen LogP) is 2.14. The summed E-state index contributed by atoms with van der Waals surface area (Å²) in [4.78, 5) is 0. The van der Waals surface area contributed by atoms with Gasteiger partial charge in [0.1, 0.15) is 0 Å². The van der Waals surface area contributed by atoms with E-state index in [1.54, 1.807) is 0 Å². The Kier molecular flexibility index (Phi) is 4.37. The van der Waals surface area contributed by atoms with Gasteiger partial charge in [-0.05, 0) is 46.6 Å². The molecule has 0 bridgehead atoms. The van der Waals surface area contributed by atoms with Crippen LogP contribution in [0.15, 0.2) is 21.1 Å². The standard InChI is InChI=1S/C9H13Br2N3/c10-5-3-6(8(13)1-2-12)9(14)7(11)4-5/h3-4,8H,1-2,12-14H2/t8-/m0/s1. The summed E-state index contributed by atoms with van der Waals surface area (Å²) in [5.41, 5.74) is 18.9. The van der Waals surface area contributed by atoms with Gasteiger partial charge in [-0.1, -0.05) is 15.9 Å². The number of nitrogens with two attached hydrogens (primary N) is 3. The van der Waals surface area contributed by atoms with Gasteiger partial charge in [0.2, 0.25) is 0 Å². The number of benzene rings is 1. The summed E-state index contributed by atoms with van der Waals surface area (Å²) in [6, 6.07) is 3.72. The molecular weight excluding hydrogens is 310 g/mol. The third kappa shape index (κ3) is 2.70. The number of halogens is 2. The van der Waals surface area contributed by atoms with Gasteiger partial charge in [-0.25, -0.2) is 0 Å². The molecule has 0 amide bonds. The molecule has 1 atom stereocenters. The summed E-state index contributed by atoms with van der Waals surface area (Å²) in [6.07, 6.45) is 0.729. The molecule has 0 aromatic heterocycles. The Morgan fingerprint density at radius 3 is 2.50 bits per heavy atom. The highest BCUT2D eigenvalue weighted by atomic mass is 79.9. The quantitative estimate of drug-likeness (QED) is 0.746. The van der Waals surface area contributed by atoms with Gasteiger partial charge in [0, 0.05) is 15.0 Å². The molecular formula is C9H13Br2N3. The maximum atomic E-state index is 5.94. The van der Waals surface area contributed by atoms with Gasteiger partial charge in [0.15, 0.2) is 0 Å². The predicted molar refractivity (Wildman–Crippen MR) is 66.9 cm³/mol. The van der Waals surface area contributed by atoms with Crippen LogP contribution in [0.3, 0.4) is 0 Å². The zero-order valence-electron chi connectivity index (χ0n) is 7.63. The lowest BCUT2D eigenvalue weighted by Crippen LogP contribution is -2.17. The maximum Gasteiger partial charge on any atom is 0.0507 e. The summed E-state index contributed by atoms with van der Waals surface area (Å²) in [6.45, 7) is 0.560. The first-order valence-corrected chi connectivity index (χ1v) is 5.85. The van der Waals surface area contributed by atoms with Crippen molar-refractivity contribution in [3.8, 4) is 0 Å². The molecule has 5 heteroatoms. The first-order chi connectivity index (χ1) is 6.56. The van der Waals surface area contributed by atoms with Gasteiger partial charge in [-0.3, -0.25) is 0 Å². The average molecular weight is 323 g/mol. The molecule has 1 rings (SSSR count). The largest absolute Gasteiger partial charge is 0.398 e. The summed E-state index contributed by atoms with van der Waals surface area (Å²) in [5.74, 6) is 0. The molecule has 6 N–H and O–H groups in total. The van der Waals surface area contributed by atoms with Crippen LogP contribution in [0.2, 0.25) is 0 Å². The summed E-state index contributed by atoms with van der Waals surface area (Å²) >= 11 is 6.77. The Morgan fingerprint density at radius 1 is 1.29 bits per heavy atom. The summed E-state index contributed by atoms with van der Waals surface area (Å²) in [7, 11) is 0. The van der Waals surface area contributed by atoms with E-state index < -0.39 is 0 Å². The van der Waals surface area contributed by atoms with E-state index in [1.807, 2.05) is 12.1 Å². The van der Waals surface area contributed by atoms with E-state index in [0.29, 0.717) is 12.2 Å². The van der Waals surface area contributed by atoms with Crippen molar-refractivity contribution in [3.05, 3.63) is 26.6 Å². The molecule has 0 saturated heterocycles. The molecule has 1 aromatic rings. The second-order valence-corrected chi connectivity index (χ2v) is 4.84. The summed E-state index contributed by atoms with van der Waals surface area (Å²) < 4.78 is 1.82. The molecule has 0 aliphatic carbocycles. The van der Waals surface area contributed by atoms with Crippen molar-refractivity contribution in [1.82, 2.24) is 0 Å². The molecule has 0 unspecified atom stereocenters. The molecule has 0 saturated carbocycles. The maximum absolute atomic E-state index is 5.94. The Morgan fingerprint density at radius 2 is 1.93 bits per heavy atom. The highest BCUT2D eigenvalue weighted by molar-refractivity contribution is 9.11. The monoisotopic (exact) mass is 321 g/mol. The molecule has 0 fully saturated rings. The number of rotatable bonds is 3. The van der Waals surface area contributed by atoms with Gasteiger partial charge in [0.25, 0.3) is 0 Å². The van der Waals surface area contributed by atoms with Crippen molar-refractivity contribution in [2.24, 2.45) is 11.5 Å². The molecule has 0 radical (unpaired) electrons. The van der Waals surface area contributed by atoms with E-state index in [0.717, 1.165) is 20.9 Å². The molecule has 3 nitrogen and oxygen atoms in total. The smallest absolute Gasteiger partial charge is 0.0507 e. The topological polar surface area (TPSA) is 78.1 Å². The lowest BCUT2D eigenvalue weighted by atomic mass is 10.0. The zero-order valence-corrected chi connectivity index (χ0v) is 10.8. The fraction of sp³-hybridized carbons (Fsp3) is 0.333. The van der Waals surface area contributed by atoms with Gasteiger partial charge < -0.3 is 17.2 Å². The zero-order chi connectivity index (χ0) is 10.7. The van der Waals surface area contributed by atoms with Crippen molar-refractivity contribution in [2.75, 3.05) is 12.3 Å². The Balaban J connectivity index is 3.07. The van der Waals surface area contributed by atoms with Crippen LogP contribution in [-0.2, 0) is 0 Å². The van der Waals surface area contributed by atoms with Gasteiger partial charge in [0.05, 0.1) is 5.69 Å². The van der Waals surface area contributed by atoms with Crippen LogP contribution in [0.1, 0.15) is 18.0 Å². The van der Waals surface area contributed by atoms with Crippen molar-refractivity contribution in [1.29, 1.82) is 0 Å². The first kappa shape index (κ1) is 12.0. The lowest BCUT2D eigenvalue weighted by molar-refractivity contribution is 0.662. The third-order valence-electron chi connectivity index (χ3n) is 2.00. The second kappa shape index (κ2) is 5.11. The lowest BCUT2D eigenvalue weighted by Gasteiger charge is -2.15. The Labute approximate surface area is 100 Å². The highest BCUT2D eigenvalue weighted by Gasteiger charge is 2.11.